The van der Waals surface area contributed by atoms with Crippen molar-refractivity contribution in [3.63, 3.8) is 0 Å². The summed E-state index contributed by atoms with van der Waals surface area (Å²) in [5, 5.41) is 17.2. The number of aromatic hydroxyl groups is 1. The van der Waals surface area contributed by atoms with Gasteiger partial charge in [0.05, 0.1) is 7.11 Å². The van der Waals surface area contributed by atoms with Crippen LogP contribution in [0.2, 0.25) is 0 Å². The summed E-state index contributed by atoms with van der Waals surface area (Å²) in [5.41, 5.74) is 0.865. The van der Waals surface area contributed by atoms with Crippen LogP contribution in [0.4, 0.5) is 0 Å². The van der Waals surface area contributed by atoms with Crippen LogP contribution in [0.1, 0.15) is 51.0 Å². The Hall–Kier alpha value is -1.95. The Morgan fingerprint density at radius 1 is 1.21 bits per heavy atom. The van der Waals surface area contributed by atoms with Gasteiger partial charge in [-0.1, -0.05) is 25.0 Å². The number of aliphatic imine (C=N–C) groups is 1. The van der Waals surface area contributed by atoms with Gasteiger partial charge < -0.3 is 25.4 Å². The molecule has 0 bridgehead atoms. The van der Waals surface area contributed by atoms with E-state index in [0.717, 1.165) is 24.1 Å². The third-order valence-electron chi connectivity index (χ3n) is 6.01. The van der Waals surface area contributed by atoms with E-state index in [1.54, 1.807) is 13.2 Å². The second-order valence-electron chi connectivity index (χ2n) is 7.87. The minimum Gasteiger partial charge on any atom is -0.504 e. The van der Waals surface area contributed by atoms with Gasteiger partial charge in [0, 0.05) is 38.3 Å². The van der Waals surface area contributed by atoms with E-state index in [0.29, 0.717) is 24.8 Å². The normalized spacial score (nSPS) is 19.7. The van der Waals surface area contributed by atoms with E-state index in [4.69, 9.17) is 9.73 Å². The maximum Gasteiger partial charge on any atom is 0.191 e. The molecule has 1 aromatic carbocycles. The highest BCUT2D eigenvalue weighted by molar-refractivity contribution is 5.80. The zero-order chi connectivity index (χ0) is 19.8. The van der Waals surface area contributed by atoms with Crippen LogP contribution in [0.15, 0.2) is 23.2 Å². The van der Waals surface area contributed by atoms with E-state index < -0.39 is 0 Å². The van der Waals surface area contributed by atoms with Gasteiger partial charge in [0.2, 0.25) is 0 Å². The van der Waals surface area contributed by atoms with Crippen molar-refractivity contribution in [1.82, 2.24) is 15.5 Å². The standard InChI is InChI=1S/C22H36N4O2/c1-3-23-22(24-14-11-17-7-6-10-20(28-2)21(17)27)25-18-12-15-26(16-13-18)19-8-4-5-9-19/h6-7,10,18-19,27H,3-5,8-9,11-16H2,1-2H3,(H2,23,24,25). The van der Waals surface area contributed by atoms with Crippen LogP contribution in [-0.2, 0) is 6.42 Å². The molecule has 1 saturated heterocycles. The van der Waals surface area contributed by atoms with E-state index in [1.165, 1.54) is 51.6 Å². The number of nitrogens with zero attached hydrogens (tertiary/aromatic N) is 2. The summed E-state index contributed by atoms with van der Waals surface area (Å²) < 4.78 is 5.18. The highest BCUT2D eigenvalue weighted by Crippen LogP contribution is 2.29. The molecule has 0 aromatic heterocycles. The summed E-state index contributed by atoms with van der Waals surface area (Å²) in [5.74, 6) is 1.61. The lowest BCUT2D eigenvalue weighted by molar-refractivity contribution is 0.150. The van der Waals surface area contributed by atoms with Crippen molar-refractivity contribution in [3.05, 3.63) is 23.8 Å². The van der Waals surface area contributed by atoms with Crippen molar-refractivity contribution in [3.8, 4) is 11.5 Å². The molecule has 2 aliphatic rings. The molecule has 0 unspecified atom stereocenters. The lowest BCUT2D eigenvalue weighted by Crippen LogP contribution is -2.50. The minimum absolute atomic E-state index is 0.220. The van der Waals surface area contributed by atoms with Crippen LogP contribution in [0, 0.1) is 0 Å². The van der Waals surface area contributed by atoms with Crippen molar-refractivity contribution < 1.29 is 9.84 Å². The number of guanidine groups is 1. The van der Waals surface area contributed by atoms with Crippen LogP contribution in [-0.4, -0.2) is 61.3 Å². The average Bonchev–Trinajstić information content (AvgIpc) is 3.25. The Morgan fingerprint density at radius 2 is 1.96 bits per heavy atom. The summed E-state index contributed by atoms with van der Waals surface area (Å²) in [7, 11) is 1.57. The maximum atomic E-state index is 10.2. The van der Waals surface area contributed by atoms with Crippen LogP contribution in [0.25, 0.3) is 0 Å². The van der Waals surface area contributed by atoms with Gasteiger partial charge in [-0.15, -0.1) is 0 Å². The zero-order valence-electron chi connectivity index (χ0n) is 17.4. The number of ether oxygens (including phenoxy) is 1. The number of hydrogen-bond donors (Lipinski definition) is 3. The van der Waals surface area contributed by atoms with Gasteiger partial charge in [-0.3, -0.25) is 4.99 Å². The van der Waals surface area contributed by atoms with E-state index in [2.05, 4.69) is 22.5 Å². The average molecular weight is 389 g/mol. The number of hydrogen-bond acceptors (Lipinski definition) is 4. The molecule has 28 heavy (non-hydrogen) atoms. The van der Waals surface area contributed by atoms with Crippen molar-refractivity contribution in [2.24, 2.45) is 4.99 Å². The molecule has 6 nitrogen and oxygen atoms in total. The predicted molar refractivity (Wildman–Crippen MR) is 114 cm³/mol. The fraction of sp³-hybridized carbons (Fsp3) is 0.682. The second-order valence-corrected chi connectivity index (χ2v) is 7.87. The molecule has 3 rings (SSSR count). The number of phenolic OH excluding ortho intramolecular Hbond substituents is 1. The largest absolute Gasteiger partial charge is 0.504 e. The summed E-state index contributed by atoms with van der Waals surface area (Å²) in [6.45, 7) is 5.95. The van der Waals surface area contributed by atoms with Gasteiger partial charge in [0.1, 0.15) is 0 Å². The monoisotopic (exact) mass is 388 g/mol. The van der Waals surface area contributed by atoms with E-state index in [9.17, 15) is 5.11 Å². The SMILES string of the molecule is CCNC(=NCCc1cccc(OC)c1O)NC1CCN(C2CCCC2)CC1. The number of piperidine rings is 1. The number of methoxy groups -OCH3 is 1. The summed E-state index contributed by atoms with van der Waals surface area (Å²) in [6.07, 6.45) is 8.62. The van der Waals surface area contributed by atoms with Crippen molar-refractivity contribution in [2.75, 3.05) is 33.3 Å². The molecular weight excluding hydrogens is 352 g/mol. The topological polar surface area (TPSA) is 69.1 Å². The van der Waals surface area contributed by atoms with Gasteiger partial charge in [0.25, 0.3) is 0 Å². The molecular formula is C22H36N4O2. The van der Waals surface area contributed by atoms with E-state index in [-0.39, 0.29) is 5.75 Å². The summed E-state index contributed by atoms with van der Waals surface area (Å²) in [6, 6.07) is 6.91. The summed E-state index contributed by atoms with van der Waals surface area (Å²) >= 11 is 0. The predicted octanol–water partition coefficient (Wildman–Crippen LogP) is 2.91. The number of phenols is 1. The Labute approximate surface area is 169 Å². The highest BCUT2D eigenvalue weighted by atomic mass is 16.5. The quantitative estimate of drug-likeness (QED) is 0.495. The van der Waals surface area contributed by atoms with Crippen molar-refractivity contribution >= 4 is 5.96 Å². The number of nitrogens with one attached hydrogen (secondary N) is 2. The van der Waals surface area contributed by atoms with Gasteiger partial charge in [-0.05, 0) is 50.7 Å². The first-order valence-corrected chi connectivity index (χ1v) is 10.8. The maximum absolute atomic E-state index is 10.2. The summed E-state index contributed by atoms with van der Waals surface area (Å²) in [4.78, 5) is 7.42. The number of benzene rings is 1. The van der Waals surface area contributed by atoms with Crippen molar-refractivity contribution in [1.29, 1.82) is 0 Å². The Balaban J connectivity index is 1.49. The third-order valence-corrected chi connectivity index (χ3v) is 6.01. The van der Waals surface area contributed by atoms with Gasteiger partial charge in [-0.25, -0.2) is 0 Å². The smallest absolute Gasteiger partial charge is 0.191 e. The molecule has 1 aliphatic carbocycles. The second kappa shape index (κ2) is 10.6. The molecule has 156 valence electrons. The Bertz CT molecular complexity index is 635. The fourth-order valence-electron chi connectivity index (χ4n) is 4.41. The first-order chi connectivity index (χ1) is 13.7. The molecule has 3 N–H and O–H groups in total. The van der Waals surface area contributed by atoms with Gasteiger partial charge in [-0.2, -0.15) is 0 Å². The van der Waals surface area contributed by atoms with Crippen LogP contribution in [0.5, 0.6) is 11.5 Å². The first kappa shape index (κ1) is 20.8. The molecule has 0 amide bonds. The van der Waals surface area contributed by atoms with Crippen LogP contribution in [0.3, 0.4) is 0 Å². The molecule has 6 heteroatoms. The fourth-order valence-corrected chi connectivity index (χ4v) is 4.41. The first-order valence-electron chi connectivity index (χ1n) is 10.8. The molecule has 1 aliphatic heterocycles. The van der Waals surface area contributed by atoms with Crippen molar-refractivity contribution in [2.45, 2.75) is 64.0 Å². The zero-order valence-corrected chi connectivity index (χ0v) is 17.4. The Morgan fingerprint density at radius 3 is 2.64 bits per heavy atom. The number of likely N-dealkylation sites (tertiary alicyclic amines) is 1. The lowest BCUT2D eigenvalue weighted by atomic mass is 10.0. The highest BCUT2D eigenvalue weighted by Gasteiger charge is 2.27. The number of para-hydroxylation sites is 1. The molecule has 2 fully saturated rings. The molecule has 1 aromatic rings. The molecule has 1 saturated carbocycles. The molecule has 0 atom stereocenters. The third kappa shape index (κ3) is 5.53. The number of rotatable bonds is 7. The molecule has 1 heterocycles. The van der Waals surface area contributed by atoms with Crippen LogP contribution >= 0.6 is 0 Å². The van der Waals surface area contributed by atoms with Crippen LogP contribution < -0.4 is 15.4 Å². The molecule has 0 radical (unpaired) electrons. The lowest BCUT2D eigenvalue weighted by Gasteiger charge is -2.36. The molecule has 0 spiro atoms. The van der Waals surface area contributed by atoms with Gasteiger partial charge >= 0.3 is 0 Å². The van der Waals surface area contributed by atoms with E-state index >= 15 is 0 Å². The Kier molecular flexibility index (Phi) is 7.83. The van der Waals surface area contributed by atoms with Gasteiger partial charge in [0.15, 0.2) is 17.5 Å². The minimum atomic E-state index is 0.220. The van der Waals surface area contributed by atoms with E-state index in [1.807, 2.05) is 12.1 Å².